The van der Waals surface area contributed by atoms with Crippen LogP contribution < -0.4 is 0 Å². The number of esters is 2. The minimum Gasteiger partial charge on any atom is -0.466 e. The molecular weight excluding hydrogens is 368 g/mol. The number of carbonyl (C=O) groups excluding carboxylic acids is 2. The monoisotopic (exact) mass is 386 g/mol. The highest BCUT2D eigenvalue weighted by atomic mass is 35.5. The molecule has 0 aliphatic carbocycles. The lowest BCUT2D eigenvalue weighted by Crippen LogP contribution is -2.21. The molecule has 0 fully saturated rings. The van der Waals surface area contributed by atoms with Crippen molar-refractivity contribution in [1.82, 2.24) is 0 Å². The average Bonchev–Trinajstić information content (AvgIpc) is 2.70. The van der Waals surface area contributed by atoms with E-state index < -0.39 is 24.1 Å². The number of hydrogen-bond acceptors (Lipinski definition) is 5. The highest BCUT2D eigenvalue weighted by Gasteiger charge is 2.28. The van der Waals surface area contributed by atoms with Gasteiger partial charge in [-0.05, 0) is 36.8 Å². The van der Waals surface area contributed by atoms with E-state index in [-0.39, 0.29) is 5.56 Å². The van der Waals surface area contributed by atoms with Crippen LogP contribution in [0, 0.1) is 11.8 Å². The van der Waals surface area contributed by atoms with Gasteiger partial charge in [0.1, 0.15) is 6.10 Å². The van der Waals surface area contributed by atoms with Crippen LogP contribution in [-0.4, -0.2) is 30.3 Å². The molecule has 0 aliphatic heterocycles. The molecule has 140 valence electrons. The summed E-state index contributed by atoms with van der Waals surface area (Å²) in [6.45, 7) is 1.83. The zero-order valence-electron chi connectivity index (χ0n) is 14.9. The third-order valence-corrected chi connectivity index (χ3v) is 4.06. The smallest absolute Gasteiger partial charge is 0.352 e. The van der Waals surface area contributed by atoms with Crippen LogP contribution in [0.2, 0.25) is 5.02 Å². The Morgan fingerprint density at radius 2 is 1.81 bits per heavy atom. The Labute approximate surface area is 162 Å². The zero-order chi connectivity index (χ0) is 19.8. The van der Waals surface area contributed by atoms with Crippen molar-refractivity contribution in [2.75, 3.05) is 7.11 Å². The molecule has 2 unspecified atom stereocenters. The van der Waals surface area contributed by atoms with Crippen LogP contribution in [0.1, 0.15) is 40.9 Å². The molecule has 2 rings (SSSR count). The highest BCUT2D eigenvalue weighted by molar-refractivity contribution is 6.31. The van der Waals surface area contributed by atoms with Crippen molar-refractivity contribution >= 4 is 23.5 Å². The van der Waals surface area contributed by atoms with Gasteiger partial charge in [-0.25, -0.2) is 9.59 Å². The normalized spacial score (nSPS) is 12.3. The van der Waals surface area contributed by atoms with Crippen molar-refractivity contribution in [2.24, 2.45) is 0 Å². The first-order chi connectivity index (χ1) is 13.0. The van der Waals surface area contributed by atoms with Crippen molar-refractivity contribution in [3.63, 3.8) is 0 Å². The minimum atomic E-state index is -1.27. The molecular formula is C21H19ClO5. The van der Waals surface area contributed by atoms with Crippen molar-refractivity contribution in [2.45, 2.75) is 25.6 Å². The van der Waals surface area contributed by atoms with Crippen molar-refractivity contribution < 1.29 is 24.2 Å². The van der Waals surface area contributed by atoms with E-state index in [1.54, 1.807) is 36.4 Å². The number of rotatable bonds is 5. The highest BCUT2D eigenvalue weighted by Crippen LogP contribution is 2.27. The second kappa shape index (κ2) is 9.77. The molecule has 27 heavy (non-hydrogen) atoms. The van der Waals surface area contributed by atoms with Gasteiger partial charge in [0.2, 0.25) is 6.10 Å². The number of benzene rings is 2. The van der Waals surface area contributed by atoms with E-state index in [0.717, 1.165) is 0 Å². The largest absolute Gasteiger partial charge is 0.466 e. The molecule has 0 amide bonds. The van der Waals surface area contributed by atoms with Gasteiger partial charge < -0.3 is 14.6 Å². The first kappa shape index (κ1) is 20.5. The molecule has 0 saturated heterocycles. The van der Waals surface area contributed by atoms with Crippen LogP contribution in [0.25, 0.3) is 0 Å². The van der Waals surface area contributed by atoms with E-state index >= 15 is 0 Å². The Hall–Kier alpha value is -2.81. The molecule has 0 heterocycles. The first-order valence-electron chi connectivity index (χ1n) is 8.29. The first-order valence-corrected chi connectivity index (χ1v) is 8.67. The SMILES string of the molecule is CCC(O)C#Cc1ccc(C(=O)OC(C(=O)OC)c2ccccc2Cl)cc1. The maximum Gasteiger partial charge on any atom is 0.352 e. The molecule has 1 N–H and O–H groups in total. The molecule has 2 aromatic carbocycles. The van der Waals surface area contributed by atoms with Crippen molar-refractivity contribution in [3.8, 4) is 11.8 Å². The summed E-state index contributed by atoms with van der Waals surface area (Å²) in [5, 5.41) is 9.76. The molecule has 0 saturated carbocycles. The minimum absolute atomic E-state index is 0.248. The van der Waals surface area contributed by atoms with Gasteiger partial charge in [-0.2, -0.15) is 0 Å². The number of ether oxygens (including phenoxy) is 2. The van der Waals surface area contributed by atoms with Gasteiger partial charge in [0.05, 0.1) is 12.7 Å². The second-order valence-corrected chi connectivity index (χ2v) is 6.01. The molecule has 6 heteroatoms. The Balaban J connectivity index is 2.19. The fourth-order valence-electron chi connectivity index (χ4n) is 2.17. The van der Waals surface area contributed by atoms with Gasteiger partial charge in [0.25, 0.3) is 0 Å². The third-order valence-electron chi connectivity index (χ3n) is 3.72. The van der Waals surface area contributed by atoms with Crippen molar-refractivity contribution in [3.05, 3.63) is 70.2 Å². The van der Waals surface area contributed by atoms with Crippen LogP contribution in [-0.2, 0) is 14.3 Å². The molecule has 0 radical (unpaired) electrons. The second-order valence-electron chi connectivity index (χ2n) is 5.60. The van der Waals surface area contributed by atoms with Gasteiger partial charge in [-0.15, -0.1) is 0 Å². The van der Waals surface area contributed by atoms with Gasteiger partial charge >= 0.3 is 11.9 Å². The summed E-state index contributed by atoms with van der Waals surface area (Å²) in [6, 6.07) is 12.9. The third kappa shape index (κ3) is 5.58. The standard InChI is InChI=1S/C21H19ClO5/c1-3-16(23)13-10-14-8-11-15(12-9-14)20(24)27-19(21(25)26-2)17-6-4-5-7-18(17)22/h4-9,11-12,16,19,23H,3H2,1-2H3. The fourth-order valence-corrected chi connectivity index (χ4v) is 2.40. The van der Waals surface area contributed by atoms with Gasteiger partial charge in [0.15, 0.2) is 0 Å². The van der Waals surface area contributed by atoms with E-state index in [4.69, 9.17) is 21.1 Å². The topological polar surface area (TPSA) is 72.8 Å². The van der Waals surface area contributed by atoms with E-state index in [2.05, 4.69) is 11.8 Å². The molecule has 0 bridgehead atoms. The van der Waals surface area contributed by atoms with Gasteiger partial charge in [-0.3, -0.25) is 0 Å². The maximum atomic E-state index is 12.4. The van der Waals surface area contributed by atoms with E-state index in [1.807, 2.05) is 6.92 Å². The number of carbonyl (C=O) groups is 2. The van der Waals surface area contributed by atoms with Crippen LogP contribution in [0.15, 0.2) is 48.5 Å². The van der Waals surface area contributed by atoms with Crippen LogP contribution in [0.5, 0.6) is 0 Å². The summed E-state index contributed by atoms with van der Waals surface area (Å²) in [7, 11) is 1.21. The Kier molecular flexibility index (Phi) is 7.42. The summed E-state index contributed by atoms with van der Waals surface area (Å²) < 4.78 is 10.1. The molecule has 0 aromatic heterocycles. The lowest BCUT2D eigenvalue weighted by Gasteiger charge is -2.17. The number of aliphatic hydroxyl groups is 1. The van der Waals surface area contributed by atoms with Gasteiger partial charge in [-0.1, -0.05) is 48.6 Å². The number of hydrogen-bond donors (Lipinski definition) is 1. The van der Waals surface area contributed by atoms with Crippen molar-refractivity contribution in [1.29, 1.82) is 0 Å². The molecule has 2 aromatic rings. The average molecular weight is 387 g/mol. The Morgan fingerprint density at radius 3 is 2.41 bits per heavy atom. The number of methoxy groups -OCH3 is 1. The maximum absolute atomic E-state index is 12.4. The fraction of sp³-hybridized carbons (Fsp3) is 0.238. The summed E-state index contributed by atoms with van der Waals surface area (Å²) in [5.41, 5.74) is 1.24. The molecule has 5 nitrogen and oxygen atoms in total. The predicted molar refractivity (Wildman–Crippen MR) is 101 cm³/mol. The van der Waals surface area contributed by atoms with Crippen LogP contribution in [0.4, 0.5) is 0 Å². The molecule has 0 aliphatic rings. The Bertz CT molecular complexity index is 864. The summed E-state index contributed by atoms with van der Waals surface area (Å²) in [5.74, 6) is 4.09. The van der Waals surface area contributed by atoms with Crippen LogP contribution in [0.3, 0.4) is 0 Å². The quantitative estimate of drug-likeness (QED) is 0.628. The molecule has 2 atom stereocenters. The lowest BCUT2D eigenvalue weighted by molar-refractivity contribution is -0.151. The van der Waals surface area contributed by atoms with E-state index in [0.29, 0.717) is 22.6 Å². The molecule has 0 spiro atoms. The number of aliphatic hydroxyl groups excluding tert-OH is 1. The lowest BCUT2D eigenvalue weighted by atomic mass is 10.1. The summed E-state index contributed by atoms with van der Waals surface area (Å²) >= 11 is 6.11. The Morgan fingerprint density at radius 1 is 1.15 bits per heavy atom. The van der Waals surface area contributed by atoms with E-state index in [9.17, 15) is 14.7 Å². The zero-order valence-corrected chi connectivity index (χ0v) is 15.7. The van der Waals surface area contributed by atoms with E-state index in [1.165, 1.54) is 19.2 Å². The predicted octanol–water partition coefficient (Wildman–Crippen LogP) is 3.53. The van der Waals surface area contributed by atoms with Crippen LogP contribution >= 0.6 is 11.6 Å². The van der Waals surface area contributed by atoms with Gasteiger partial charge in [0, 0.05) is 16.1 Å². The summed E-state index contributed by atoms with van der Waals surface area (Å²) in [6.07, 6.45) is -1.42. The summed E-state index contributed by atoms with van der Waals surface area (Å²) in [4.78, 5) is 24.5. The number of halogens is 1.